The largest absolute Gasteiger partial charge is 0.365 e. The van der Waals surface area contributed by atoms with Crippen LogP contribution in [0.15, 0.2) is 18.6 Å². The maximum absolute atomic E-state index is 14.6. The summed E-state index contributed by atoms with van der Waals surface area (Å²) in [4.78, 5) is 29.4. The zero-order chi connectivity index (χ0) is 23.8. The van der Waals surface area contributed by atoms with Gasteiger partial charge in [-0.1, -0.05) is 0 Å². The number of alkyl halides is 1. The number of aryl methyl sites for hydroxylation is 1. The number of hydrogen-bond donors (Lipinski definition) is 3. The standard InChI is InChI=1S/C23H26F3N7O/c1-12-17(25)9-29-22-19(12)16(8-27-22)20-28-10-18(26)21(32-20)30-14-3-2-4-15(7-14)31-23(34)33-6-5-13(24)11-33/h8-10,13-15H,2-7,11H2,1H3,(H,27,29)(H,31,34)(H,28,30,32)/t13?,14-,15+/m0/s1. The average Bonchev–Trinajstić information content (AvgIpc) is 3.45. The van der Waals surface area contributed by atoms with E-state index in [9.17, 15) is 18.0 Å². The fraction of sp³-hybridized carbons (Fsp3) is 0.478. The molecule has 11 heteroatoms. The number of carbonyl (C=O) groups is 1. The molecule has 2 aliphatic rings. The number of carbonyl (C=O) groups excluding carboxylic acids is 1. The molecule has 8 nitrogen and oxygen atoms in total. The molecule has 3 aromatic heterocycles. The number of halogens is 3. The fourth-order valence-corrected chi connectivity index (χ4v) is 4.82. The summed E-state index contributed by atoms with van der Waals surface area (Å²) in [7, 11) is 0. The van der Waals surface area contributed by atoms with Crippen LogP contribution >= 0.6 is 0 Å². The predicted octanol–water partition coefficient (Wildman–Crippen LogP) is 4.08. The van der Waals surface area contributed by atoms with Gasteiger partial charge >= 0.3 is 6.03 Å². The predicted molar refractivity (Wildman–Crippen MR) is 121 cm³/mol. The number of anilines is 1. The SMILES string of the molecule is Cc1c(F)cnc2[nH]cc(-c3ncc(F)c(N[C@H]4CCC[C@@H](NC(=O)N5CCC(F)C5)C4)n3)c12. The van der Waals surface area contributed by atoms with Gasteiger partial charge in [-0.15, -0.1) is 0 Å². The molecule has 2 fully saturated rings. The molecule has 3 N–H and O–H groups in total. The van der Waals surface area contributed by atoms with E-state index in [4.69, 9.17) is 0 Å². The van der Waals surface area contributed by atoms with Crippen LogP contribution in [0.2, 0.25) is 0 Å². The van der Waals surface area contributed by atoms with E-state index in [1.54, 1.807) is 13.1 Å². The minimum Gasteiger partial charge on any atom is -0.365 e. The summed E-state index contributed by atoms with van der Waals surface area (Å²) in [5.74, 6) is -0.735. The van der Waals surface area contributed by atoms with Crippen LogP contribution < -0.4 is 10.6 Å². The highest BCUT2D eigenvalue weighted by molar-refractivity contribution is 5.94. The number of urea groups is 1. The van der Waals surface area contributed by atoms with Crippen molar-refractivity contribution in [2.75, 3.05) is 18.4 Å². The number of nitrogens with zero attached hydrogens (tertiary/aromatic N) is 4. The molecule has 2 amide bonds. The molecule has 4 heterocycles. The molecule has 1 aliphatic heterocycles. The number of hydrogen-bond acceptors (Lipinski definition) is 5. The summed E-state index contributed by atoms with van der Waals surface area (Å²) < 4.78 is 42.1. The van der Waals surface area contributed by atoms with Gasteiger partial charge in [-0.2, -0.15) is 0 Å². The summed E-state index contributed by atoms with van der Waals surface area (Å²) in [6, 6.07) is -0.448. The first-order chi connectivity index (χ1) is 16.4. The van der Waals surface area contributed by atoms with Gasteiger partial charge in [0.05, 0.1) is 18.9 Å². The molecule has 0 spiro atoms. The van der Waals surface area contributed by atoms with Crippen molar-refractivity contribution in [3.63, 3.8) is 0 Å². The number of aromatic amines is 1. The Morgan fingerprint density at radius 1 is 1.15 bits per heavy atom. The Morgan fingerprint density at radius 3 is 2.74 bits per heavy atom. The molecule has 1 saturated carbocycles. The molecule has 3 aromatic rings. The summed E-state index contributed by atoms with van der Waals surface area (Å²) >= 11 is 0. The molecule has 34 heavy (non-hydrogen) atoms. The van der Waals surface area contributed by atoms with Crippen molar-refractivity contribution in [1.82, 2.24) is 30.2 Å². The van der Waals surface area contributed by atoms with Crippen molar-refractivity contribution in [1.29, 1.82) is 0 Å². The molecule has 0 radical (unpaired) electrons. The van der Waals surface area contributed by atoms with Gasteiger partial charge in [0.15, 0.2) is 17.5 Å². The minimum absolute atomic E-state index is 0.0538. The van der Waals surface area contributed by atoms with Crippen LogP contribution in [0.25, 0.3) is 22.4 Å². The van der Waals surface area contributed by atoms with Gasteiger partial charge < -0.3 is 20.5 Å². The quantitative estimate of drug-likeness (QED) is 0.530. The Bertz CT molecular complexity index is 1220. The van der Waals surface area contributed by atoms with Gasteiger partial charge in [0.2, 0.25) is 0 Å². The molecule has 3 atom stereocenters. The van der Waals surface area contributed by atoms with Gasteiger partial charge in [0.1, 0.15) is 17.6 Å². The summed E-state index contributed by atoms with van der Waals surface area (Å²) in [6.07, 6.45) is 6.32. The number of pyridine rings is 1. The lowest BCUT2D eigenvalue weighted by Gasteiger charge is -2.32. The van der Waals surface area contributed by atoms with E-state index in [0.29, 0.717) is 41.5 Å². The topological polar surface area (TPSA) is 98.8 Å². The average molecular weight is 474 g/mol. The van der Waals surface area contributed by atoms with Crippen LogP contribution in [0.5, 0.6) is 0 Å². The Balaban J connectivity index is 1.31. The molecule has 180 valence electrons. The van der Waals surface area contributed by atoms with E-state index < -0.39 is 17.8 Å². The first kappa shape index (κ1) is 22.4. The van der Waals surface area contributed by atoms with E-state index in [0.717, 1.165) is 31.7 Å². The Labute approximate surface area is 194 Å². The smallest absolute Gasteiger partial charge is 0.317 e. The molecular weight excluding hydrogens is 447 g/mol. The zero-order valence-corrected chi connectivity index (χ0v) is 18.7. The number of rotatable bonds is 4. The van der Waals surface area contributed by atoms with Gasteiger partial charge in [-0.3, -0.25) is 0 Å². The van der Waals surface area contributed by atoms with Gasteiger partial charge in [-0.25, -0.2) is 32.9 Å². The molecular formula is C23H26F3N7O. The number of likely N-dealkylation sites (tertiary alicyclic amines) is 1. The minimum atomic E-state index is -0.963. The van der Waals surface area contributed by atoms with Crippen molar-refractivity contribution in [2.24, 2.45) is 0 Å². The van der Waals surface area contributed by atoms with E-state index in [-0.39, 0.29) is 36.3 Å². The van der Waals surface area contributed by atoms with Gasteiger partial charge in [0, 0.05) is 35.8 Å². The first-order valence-electron chi connectivity index (χ1n) is 11.5. The maximum atomic E-state index is 14.6. The summed E-state index contributed by atoms with van der Waals surface area (Å²) in [5.41, 5.74) is 1.44. The number of aromatic nitrogens is 4. The van der Waals surface area contributed by atoms with Crippen molar-refractivity contribution in [3.8, 4) is 11.4 Å². The number of amides is 2. The van der Waals surface area contributed by atoms with E-state index in [2.05, 4.69) is 30.6 Å². The van der Waals surface area contributed by atoms with Crippen molar-refractivity contribution < 1.29 is 18.0 Å². The second-order valence-electron chi connectivity index (χ2n) is 9.03. The van der Waals surface area contributed by atoms with Gasteiger partial charge in [-0.05, 0) is 44.6 Å². The molecule has 0 aromatic carbocycles. The van der Waals surface area contributed by atoms with Crippen LogP contribution in [0.3, 0.4) is 0 Å². The Hall–Kier alpha value is -3.37. The highest BCUT2D eigenvalue weighted by atomic mass is 19.1. The Kier molecular flexibility index (Phi) is 6.01. The van der Waals surface area contributed by atoms with Crippen LogP contribution in [0.4, 0.5) is 23.8 Å². The highest BCUT2D eigenvalue weighted by Crippen LogP contribution is 2.30. The van der Waals surface area contributed by atoms with E-state index in [1.807, 2.05) is 0 Å². The summed E-state index contributed by atoms with van der Waals surface area (Å²) in [5, 5.41) is 6.69. The molecule has 0 bridgehead atoms. The first-order valence-corrected chi connectivity index (χ1v) is 11.5. The molecule has 5 rings (SSSR count). The summed E-state index contributed by atoms with van der Waals surface area (Å²) in [6.45, 7) is 2.19. The van der Waals surface area contributed by atoms with Crippen molar-refractivity contribution in [3.05, 3.63) is 35.8 Å². The number of H-pyrrole nitrogens is 1. The van der Waals surface area contributed by atoms with Crippen LogP contribution in [0.1, 0.15) is 37.7 Å². The fourth-order valence-electron chi connectivity index (χ4n) is 4.82. The van der Waals surface area contributed by atoms with Crippen LogP contribution in [-0.4, -0.2) is 62.2 Å². The van der Waals surface area contributed by atoms with E-state index >= 15 is 0 Å². The molecule has 1 saturated heterocycles. The monoisotopic (exact) mass is 473 g/mol. The maximum Gasteiger partial charge on any atom is 0.317 e. The second kappa shape index (κ2) is 9.11. The van der Waals surface area contributed by atoms with Crippen LogP contribution in [-0.2, 0) is 0 Å². The highest BCUT2D eigenvalue weighted by Gasteiger charge is 2.30. The second-order valence-corrected chi connectivity index (χ2v) is 9.03. The molecule has 1 unspecified atom stereocenters. The lowest BCUT2D eigenvalue weighted by Crippen LogP contribution is -2.47. The Morgan fingerprint density at radius 2 is 1.94 bits per heavy atom. The lowest BCUT2D eigenvalue weighted by atomic mass is 9.91. The number of nitrogens with one attached hydrogen (secondary N) is 3. The van der Waals surface area contributed by atoms with Gasteiger partial charge in [0.25, 0.3) is 0 Å². The molecule has 1 aliphatic carbocycles. The van der Waals surface area contributed by atoms with Crippen LogP contribution in [0, 0.1) is 18.6 Å². The van der Waals surface area contributed by atoms with Crippen molar-refractivity contribution in [2.45, 2.75) is 57.3 Å². The van der Waals surface area contributed by atoms with E-state index in [1.165, 1.54) is 4.90 Å². The number of fused-ring (bicyclic) bond motifs is 1. The third-order valence-electron chi connectivity index (χ3n) is 6.65. The third-order valence-corrected chi connectivity index (χ3v) is 6.65. The normalized spacial score (nSPS) is 22.8. The zero-order valence-electron chi connectivity index (χ0n) is 18.7. The van der Waals surface area contributed by atoms with Crippen molar-refractivity contribution >= 4 is 22.9 Å². The lowest BCUT2D eigenvalue weighted by molar-refractivity contribution is 0.195. The third kappa shape index (κ3) is 4.38.